The summed E-state index contributed by atoms with van der Waals surface area (Å²) in [5.74, 6) is 0. The predicted octanol–water partition coefficient (Wildman–Crippen LogP) is 9.94. The fourth-order valence-corrected chi connectivity index (χ4v) is 8.88. The molecule has 0 bridgehead atoms. The zero-order valence-electron chi connectivity index (χ0n) is 15.0. The highest BCUT2D eigenvalue weighted by Crippen LogP contribution is 2.49. The summed E-state index contributed by atoms with van der Waals surface area (Å²) in [5.41, 5.74) is 5.39. The van der Waals surface area contributed by atoms with Crippen LogP contribution in [0.5, 0.6) is 0 Å². The number of fused-ring (bicyclic) bond motifs is 7. The normalized spacial score (nSPS) is 12.1. The van der Waals surface area contributed by atoms with Crippen molar-refractivity contribution in [3.05, 3.63) is 68.7 Å². The SMILES string of the molecule is c1cc(-c2cc3sc4cc(-c5ccsc5)c5ccsc5c4c3c3sccc23)cs1. The van der Waals surface area contributed by atoms with E-state index in [1.807, 2.05) is 34.0 Å². The minimum absolute atomic E-state index is 1.33. The molecule has 0 atom stereocenters. The van der Waals surface area contributed by atoms with E-state index in [9.17, 15) is 0 Å². The zero-order valence-corrected chi connectivity index (χ0v) is 19.1. The quantitative estimate of drug-likeness (QED) is 0.241. The lowest BCUT2D eigenvalue weighted by Gasteiger charge is -2.05. The summed E-state index contributed by atoms with van der Waals surface area (Å²) in [6.07, 6.45) is 0. The molecule has 5 heterocycles. The van der Waals surface area contributed by atoms with Crippen molar-refractivity contribution in [1.82, 2.24) is 0 Å². The van der Waals surface area contributed by atoms with Crippen molar-refractivity contribution in [2.75, 3.05) is 0 Å². The lowest BCUT2D eigenvalue weighted by Crippen LogP contribution is -1.78. The van der Waals surface area contributed by atoms with Gasteiger partial charge < -0.3 is 0 Å². The molecular formula is C24H12S5. The van der Waals surface area contributed by atoms with E-state index in [0.717, 1.165) is 0 Å². The highest BCUT2D eigenvalue weighted by atomic mass is 32.1. The van der Waals surface area contributed by atoms with Gasteiger partial charge in [0, 0.05) is 40.3 Å². The van der Waals surface area contributed by atoms with Crippen molar-refractivity contribution in [2.45, 2.75) is 0 Å². The number of rotatable bonds is 2. The van der Waals surface area contributed by atoms with Gasteiger partial charge in [0.1, 0.15) is 0 Å². The molecule has 0 nitrogen and oxygen atoms in total. The lowest BCUT2D eigenvalue weighted by atomic mass is 9.99. The Balaban J connectivity index is 1.68. The maximum atomic E-state index is 2.42. The fraction of sp³-hybridized carbons (Fsp3) is 0. The van der Waals surface area contributed by atoms with Crippen LogP contribution in [0.25, 0.3) is 62.6 Å². The third-order valence-electron chi connectivity index (χ3n) is 5.54. The summed E-state index contributed by atoms with van der Waals surface area (Å²) in [6, 6.07) is 13.9. The van der Waals surface area contributed by atoms with Crippen molar-refractivity contribution < 1.29 is 0 Å². The van der Waals surface area contributed by atoms with Crippen LogP contribution >= 0.6 is 56.7 Å². The highest BCUT2D eigenvalue weighted by molar-refractivity contribution is 7.28. The van der Waals surface area contributed by atoms with Crippen LogP contribution in [0.3, 0.4) is 0 Å². The van der Waals surface area contributed by atoms with Crippen LogP contribution in [-0.4, -0.2) is 0 Å². The van der Waals surface area contributed by atoms with E-state index in [2.05, 4.69) is 68.7 Å². The molecule has 7 aromatic rings. The van der Waals surface area contributed by atoms with E-state index in [0.29, 0.717) is 0 Å². The topological polar surface area (TPSA) is 0 Å². The van der Waals surface area contributed by atoms with Crippen molar-refractivity contribution in [1.29, 1.82) is 0 Å². The standard InChI is InChI=1S/C24H12S5/c1-5-25-11-13(1)17-9-19-21(23-15(17)3-7-27-23)22-20(29-19)10-18(14-2-6-26-12-14)16-4-8-28-24(16)22/h1-12H. The van der Waals surface area contributed by atoms with E-state index < -0.39 is 0 Å². The van der Waals surface area contributed by atoms with Crippen LogP contribution in [0, 0.1) is 0 Å². The number of hydrogen-bond donors (Lipinski definition) is 0. The summed E-state index contributed by atoms with van der Waals surface area (Å²) in [5, 5.41) is 19.0. The predicted molar refractivity (Wildman–Crippen MR) is 137 cm³/mol. The Morgan fingerprint density at radius 3 is 1.52 bits per heavy atom. The van der Waals surface area contributed by atoms with Crippen molar-refractivity contribution >= 4 is 97.0 Å². The third-order valence-corrected chi connectivity index (χ3v) is 9.86. The van der Waals surface area contributed by atoms with Crippen LogP contribution in [0.1, 0.15) is 0 Å². The van der Waals surface area contributed by atoms with Gasteiger partial charge in [-0.05, 0) is 90.9 Å². The average molecular weight is 461 g/mol. The Bertz CT molecular complexity index is 1510. The van der Waals surface area contributed by atoms with Crippen LogP contribution in [0.15, 0.2) is 68.7 Å². The first kappa shape index (κ1) is 16.7. The Morgan fingerprint density at radius 1 is 0.552 bits per heavy atom. The van der Waals surface area contributed by atoms with Gasteiger partial charge in [-0.25, -0.2) is 0 Å². The Hall–Kier alpha value is -2.02. The van der Waals surface area contributed by atoms with E-state index in [4.69, 9.17) is 0 Å². The minimum atomic E-state index is 1.33. The first-order valence-electron chi connectivity index (χ1n) is 9.20. The van der Waals surface area contributed by atoms with E-state index in [-0.39, 0.29) is 0 Å². The Morgan fingerprint density at radius 2 is 1.07 bits per heavy atom. The highest BCUT2D eigenvalue weighted by Gasteiger charge is 2.19. The molecule has 0 aliphatic carbocycles. The summed E-state index contributed by atoms with van der Waals surface area (Å²) in [6.45, 7) is 0. The van der Waals surface area contributed by atoms with Crippen LogP contribution in [0.2, 0.25) is 0 Å². The molecule has 7 rings (SSSR count). The van der Waals surface area contributed by atoms with Gasteiger partial charge in [-0.15, -0.1) is 34.0 Å². The second-order valence-electron chi connectivity index (χ2n) is 7.05. The van der Waals surface area contributed by atoms with Crippen LogP contribution in [-0.2, 0) is 0 Å². The van der Waals surface area contributed by atoms with Crippen LogP contribution in [0.4, 0.5) is 0 Å². The smallest absolute Gasteiger partial charge is 0.0442 e. The maximum absolute atomic E-state index is 2.42. The summed E-state index contributed by atoms with van der Waals surface area (Å²) in [7, 11) is 0. The molecule has 29 heavy (non-hydrogen) atoms. The van der Waals surface area contributed by atoms with Gasteiger partial charge in [-0.2, -0.15) is 22.7 Å². The molecule has 138 valence electrons. The summed E-state index contributed by atoms with van der Waals surface area (Å²) < 4.78 is 5.64. The molecular weight excluding hydrogens is 449 g/mol. The molecule has 0 radical (unpaired) electrons. The largest absolute Gasteiger partial charge is 0.152 e. The van der Waals surface area contributed by atoms with Gasteiger partial charge in [-0.1, -0.05) is 0 Å². The number of thiophene rings is 5. The van der Waals surface area contributed by atoms with Gasteiger partial charge >= 0.3 is 0 Å². The molecule has 0 saturated heterocycles. The monoisotopic (exact) mass is 460 g/mol. The maximum Gasteiger partial charge on any atom is 0.0442 e. The average Bonchev–Trinajstić information content (AvgIpc) is 3.55. The van der Waals surface area contributed by atoms with Crippen molar-refractivity contribution in [2.24, 2.45) is 0 Å². The first-order chi connectivity index (χ1) is 14.4. The van der Waals surface area contributed by atoms with Gasteiger partial charge in [-0.3, -0.25) is 0 Å². The summed E-state index contributed by atoms with van der Waals surface area (Å²) >= 11 is 9.23. The van der Waals surface area contributed by atoms with Gasteiger partial charge in [0.05, 0.1) is 0 Å². The van der Waals surface area contributed by atoms with Crippen molar-refractivity contribution in [3.8, 4) is 22.3 Å². The molecule has 0 aliphatic heterocycles. The Labute approximate surface area is 186 Å². The van der Waals surface area contributed by atoms with E-state index >= 15 is 0 Å². The second kappa shape index (κ2) is 6.24. The molecule has 5 aromatic heterocycles. The van der Waals surface area contributed by atoms with Gasteiger partial charge in [0.25, 0.3) is 0 Å². The fourth-order valence-electron chi connectivity index (χ4n) is 4.28. The molecule has 0 saturated carbocycles. The molecule has 2 aromatic carbocycles. The van der Waals surface area contributed by atoms with Gasteiger partial charge in [0.15, 0.2) is 0 Å². The molecule has 0 N–H and O–H groups in total. The first-order valence-corrected chi connectivity index (χ1v) is 13.7. The Kier molecular flexibility index (Phi) is 3.60. The number of benzene rings is 2. The second-order valence-corrected chi connectivity index (χ2v) is 11.5. The summed E-state index contributed by atoms with van der Waals surface area (Å²) in [4.78, 5) is 0. The zero-order chi connectivity index (χ0) is 18.9. The van der Waals surface area contributed by atoms with E-state index in [1.54, 1.807) is 22.7 Å². The van der Waals surface area contributed by atoms with Crippen LogP contribution < -0.4 is 0 Å². The molecule has 0 amide bonds. The molecule has 0 spiro atoms. The molecule has 0 aliphatic rings. The van der Waals surface area contributed by atoms with E-state index in [1.165, 1.54) is 62.6 Å². The molecule has 5 heteroatoms. The third kappa shape index (κ3) is 2.34. The van der Waals surface area contributed by atoms with Gasteiger partial charge in [0.2, 0.25) is 0 Å². The molecule has 0 fully saturated rings. The minimum Gasteiger partial charge on any atom is -0.152 e. The number of hydrogen-bond acceptors (Lipinski definition) is 5. The lowest BCUT2D eigenvalue weighted by molar-refractivity contribution is 1.85. The molecule has 0 unspecified atom stereocenters. The van der Waals surface area contributed by atoms with Crippen molar-refractivity contribution in [3.63, 3.8) is 0 Å².